The van der Waals surface area contributed by atoms with Crippen molar-refractivity contribution in [3.63, 3.8) is 0 Å². The molecule has 4 nitrogen and oxygen atoms in total. The predicted molar refractivity (Wildman–Crippen MR) is 88.9 cm³/mol. The van der Waals surface area contributed by atoms with Crippen LogP contribution in [0.3, 0.4) is 0 Å². The zero-order valence-corrected chi connectivity index (χ0v) is 13.6. The number of carbonyl (C=O) groups is 1. The third-order valence-corrected chi connectivity index (χ3v) is 5.37. The molecule has 0 spiro atoms. The van der Waals surface area contributed by atoms with Gasteiger partial charge in [0.15, 0.2) is 0 Å². The van der Waals surface area contributed by atoms with E-state index in [1.807, 2.05) is 30.3 Å². The maximum absolute atomic E-state index is 12.7. The number of benzene rings is 1. The van der Waals surface area contributed by atoms with E-state index in [4.69, 9.17) is 9.47 Å². The number of nitrogens with one attached hydrogen (secondary N) is 1. The van der Waals surface area contributed by atoms with Gasteiger partial charge in [-0.2, -0.15) is 0 Å². The second-order valence-corrected chi connectivity index (χ2v) is 7.02. The summed E-state index contributed by atoms with van der Waals surface area (Å²) in [6.07, 6.45) is 1.85. The smallest absolute Gasteiger partial charge is 0.251 e. The molecule has 2 fully saturated rings. The van der Waals surface area contributed by atoms with E-state index in [0.29, 0.717) is 6.61 Å². The van der Waals surface area contributed by atoms with Gasteiger partial charge in [-0.15, -0.1) is 11.3 Å². The molecule has 2 saturated heterocycles. The van der Waals surface area contributed by atoms with Gasteiger partial charge in [0.2, 0.25) is 0 Å². The fourth-order valence-corrected chi connectivity index (χ4v) is 4.06. The van der Waals surface area contributed by atoms with Crippen molar-refractivity contribution in [1.29, 1.82) is 0 Å². The van der Waals surface area contributed by atoms with Crippen LogP contribution in [0, 0.1) is 0 Å². The van der Waals surface area contributed by atoms with Gasteiger partial charge in [-0.05, 0) is 29.5 Å². The molecule has 1 aromatic heterocycles. The first kappa shape index (κ1) is 14.9. The highest BCUT2D eigenvalue weighted by atomic mass is 32.1. The maximum atomic E-state index is 12.7. The molecule has 1 aromatic carbocycles. The maximum Gasteiger partial charge on any atom is 0.251 e. The van der Waals surface area contributed by atoms with Crippen LogP contribution in [0.1, 0.15) is 27.2 Å². The Bertz CT molecular complexity index is 685. The summed E-state index contributed by atoms with van der Waals surface area (Å²) in [6, 6.07) is 11.9. The predicted octanol–water partition coefficient (Wildman–Crippen LogP) is 2.62. The quantitative estimate of drug-likeness (QED) is 0.938. The van der Waals surface area contributed by atoms with E-state index in [9.17, 15) is 4.79 Å². The Balaban J connectivity index is 1.50. The summed E-state index contributed by atoms with van der Waals surface area (Å²) in [4.78, 5) is 14.0. The fourth-order valence-electron chi connectivity index (χ4n) is 3.33. The van der Waals surface area contributed by atoms with E-state index < -0.39 is 0 Å². The largest absolute Gasteiger partial charge is 0.373 e. The first-order valence-corrected chi connectivity index (χ1v) is 8.83. The molecule has 0 radical (unpaired) electrons. The van der Waals surface area contributed by atoms with Gasteiger partial charge in [-0.25, -0.2) is 0 Å². The van der Waals surface area contributed by atoms with Crippen LogP contribution in [-0.2, 0) is 15.9 Å². The van der Waals surface area contributed by atoms with Crippen molar-refractivity contribution < 1.29 is 14.3 Å². The number of thiophene rings is 1. The monoisotopic (exact) mass is 329 g/mol. The lowest BCUT2D eigenvalue weighted by atomic mass is 10.0. The summed E-state index contributed by atoms with van der Waals surface area (Å²) in [5, 5.41) is 5.16. The number of fused-ring (bicyclic) bond motifs is 1. The average molecular weight is 329 g/mol. The first-order chi connectivity index (χ1) is 11.3. The van der Waals surface area contributed by atoms with Crippen molar-refractivity contribution >= 4 is 17.2 Å². The lowest BCUT2D eigenvalue weighted by Gasteiger charge is -2.18. The molecule has 120 valence electrons. The van der Waals surface area contributed by atoms with Gasteiger partial charge in [0.1, 0.15) is 6.10 Å². The van der Waals surface area contributed by atoms with Crippen LogP contribution in [0.25, 0.3) is 0 Å². The number of carbonyl (C=O) groups excluding carboxylic acids is 1. The average Bonchev–Trinajstić information content (AvgIpc) is 3.27. The molecule has 1 N–H and O–H groups in total. The van der Waals surface area contributed by atoms with Crippen LogP contribution >= 0.6 is 11.3 Å². The number of rotatable bonds is 4. The van der Waals surface area contributed by atoms with E-state index in [0.717, 1.165) is 30.6 Å². The normalized spacial score (nSPS) is 26.2. The van der Waals surface area contributed by atoms with Crippen LogP contribution in [0.15, 0.2) is 41.8 Å². The van der Waals surface area contributed by atoms with E-state index in [1.54, 1.807) is 11.3 Å². The SMILES string of the molecule is O=C(N[C@H]1CO[C@@H]2CCO[C@H]12)c1ccccc1Cc1cccs1. The van der Waals surface area contributed by atoms with E-state index in [2.05, 4.69) is 16.8 Å². The molecule has 5 heteroatoms. The third-order valence-electron chi connectivity index (χ3n) is 4.49. The van der Waals surface area contributed by atoms with Crippen molar-refractivity contribution in [2.24, 2.45) is 0 Å². The van der Waals surface area contributed by atoms with Gasteiger partial charge in [0.25, 0.3) is 5.91 Å². The Labute approximate surface area is 139 Å². The van der Waals surface area contributed by atoms with Crippen molar-refractivity contribution in [1.82, 2.24) is 5.32 Å². The Kier molecular flexibility index (Phi) is 4.16. The van der Waals surface area contributed by atoms with Gasteiger partial charge >= 0.3 is 0 Å². The topological polar surface area (TPSA) is 47.6 Å². The van der Waals surface area contributed by atoms with Gasteiger partial charge < -0.3 is 14.8 Å². The third kappa shape index (κ3) is 3.04. The van der Waals surface area contributed by atoms with Crippen LogP contribution in [0.5, 0.6) is 0 Å². The second-order valence-electron chi connectivity index (χ2n) is 5.99. The molecule has 23 heavy (non-hydrogen) atoms. The van der Waals surface area contributed by atoms with Gasteiger partial charge in [-0.1, -0.05) is 24.3 Å². The number of hydrogen-bond acceptors (Lipinski definition) is 4. The zero-order valence-electron chi connectivity index (χ0n) is 12.7. The summed E-state index contributed by atoms with van der Waals surface area (Å²) in [6.45, 7) is 1.25. The molecule has 0 aliphatic carbocycles. The molecular weight excluding hydrogens is 310 g/mol. The van der Waals surface area contributed by atoms with Crippen LogP contribution in [0.2, 0.25) is 0 Å². The summed E-state index contributed by atoms with van der Waals surface area (Å²) >= 11 is 1.71. The first-order valence-electron chi connectivity index (χ1n) is 7.95. The minimum atomic E-state index is -0.0511. The summed E-state index contributed by atoms with van der Waals surface area (Å²) in [5.74, 6) is -0.0399. The molecule has 2 aromatic rings. The number of hydrogen-bond donors (Lipinski definition) is 1. The minimum Gasteiger partial charge on any atom is -0.373 e. The molecule has 4 rings (SSSR count). The highest BCUT2D eigenvalue weighted by Gasteiger charge is 2.42. The summed E-state index contributed by atoms with van der Waals surface area (Å²) < 4.78 is 11.4. The number of amides is 1. The Morgan fingerprint density at radius 3 is 3.00 bits per heavy atom. The van der Waals surface area contributed by atoms with Gasteiger partial charge in [0.05, 0.1) is 18.8 Å². The molecule has 3 atom stereocenters. The highest BCUT2D eigenvalue weighted by Crippen LogP contribution is 2.27. The van der Waals surface area contributed by atoms with Crippen molar-refractivity contribution in [2.45, 2.75) is 31.1 Å². The van der Waals surface area contributed by atoms with Crippen molar-refractivity contribution in [2.75, 3.05) is 13.2 Å². The highest BCUT2D eigenvalue weighted by molar-refractivity contribution is 7.09. The molecule has 0 saturated carbocycles. The number of ether oxygens (including phenoxy) is 2. The fraction of sp³-hybridized carbons (Fsp3) is 0.389. The van der Waals surface area contributed by atoms with Crippen molar-refractivity contribution in [3.8, 4) is 0 Å². The van der Waals surface area contributed by atoms with E-state index in [1.165, 1.54) is 4.88 Å². The van der Waals surface area contributed by atoms with Crippen LogP contribution in [-0.4, -0.2) is 37.4 Å². The molecule has 3 heterocycles. The summed E-state index contributed by atoms with van der Waals surface area (Å²) in [7, 11) is 0. The van der Waals surface area contributed by atoms with E-state index >= 15 is 0 Å². The summed E-state index contributed by atoms with van der Waals surface area (Å²) in [5.41, 5.74) is 1.79. The molecule has 0 unspecified atom stereocenters. The van der Waals surface area contributed by atoms with E-state index in [-0.39, 0.29) is 24.2 Å². The Morgan fingerprint density at radius 2 is 2.13 bits per heavy atom. The van der Waals surface area contributed by atoms with Crippen molar-refractivity contribution in [3.05, 3.63) is 57.8 Å². The van der Waals surface area contributed by atoms with Crippen LogP contribution < -0.4 is 5.32 Å². The zero-order chi connectivity index (χ0) is 15.6. The van der Waals surface area contributed by atoms with Crippen LogP contribution in [0.4, 0.5) is 0 Å². The lowest BCUT2D eigenvalue weighted by molar-refractivity contribution is 0.0656. The minimum absolute atomic E-state index is 0.00316. The van der Waals surface area contributed by atoms with Gasteiger partial charge in [0, 0.05) is 23.5 Å². The molecule has 2 aliphatic rings. The van der Waals surface area contributed by atoms with Gasteiger partial charge in [-0.3, -0.25) is 4.79 Å². The molecular formula is C18H19NO3S. The second kappa shape index (κ2) is 6.43. The lowest BCUT2D eigenvalue weighted by Crippen LogP contribution is -2.44. The Hall–Kier alpha value is -1.69. The Morgan fingerprint density at radius 1 is 1.22 bits per heavy atom. The molecule has 1 amide bonds. The standard InChI is InChI=1S/C18H19NO3S/c20-18(19-15-11-22-16-7-8-21-17(15)16)14-6-2-1-4-12(14)10-13-5-3-9-23-13/h1-6,9,15-17H,7-8,10-11H2,(H,19,20)/t15-,16+,17+/m0/s1. The molecule has 0 bridgehead atoms. The molecule has 2 aliphatic heterocycles.